The number of phenols is 1. The first-order valence-electron chi connectivity index (χ1n) is 9.21. The lowest BCUT2D eigenvalue weighted by molar-refractivity contribution is -0.143. The first-order chi connectivity index (χ1) is 13.6. The van der Waals surface area contributed by atoms with Crippen molar-refractivity contribution in [1.29, 1.82) is 0 Å². The second-order valence-electron chi connectivity index (χ2n) is 7.14. The van der Waals surface area contributed by atoms with Crippen molar-refractivity contribution >= 4 is 11.9 Å². The summed E-state index contributed by atoms with van der Waals surface area (Å²) in [5, 5.41) is 10.5. The summed E-state index contributed by atoms with van der Waals surface area (Å²) in [5.74, 6) is 0.147. The standard InChI is InChI=1S/C21H19F6NO/c22-20(23,24)15-9-16(21(25,26)27)11-17(10-15)28-12-14-7-4-8-18(19(14)29)13-5-2-1-3-6-13/h4,7-13,29H,1-3,5-6H2. The van der Waals surface area contributed by atoms with E-state index in [-0.39, 0.29) is 23.3 Å². The summed E-state index contributed by atoms with van der Waals surface area (Å²) in [6, 6.07) is 6.15. The molecule has 156 valence electrons. The van der Waals surface area contributed by atoms with Crippen LogP contribution in [-0.4, -0.2) is 11.3 Å². The molecule has 1 N–H and O–H groups in total. The van der Waals surface area contributed by atoms with Crippen molar-refractivity contribution in [3.63, 3.8) is 0 Å². The molecule has 0 atom stereocenters. The number of phenolic OH excluding ortho intramolecular Hbond substituents is 1. The van der Waals surface area contributed by atoms with Crippen LogP contribution in [0.3, 0.4) is 0 Å². The zero-order valence-electron chi connectivity index (χ0n) is 15.3. The minimum absolute atomic E-state index is 0.0360. The minimum atomic E-state index is -4.94. The van der Waals surface area contributed by atoms with Gasteiger partial charge in [-0.3, -0.25) is 4.99 Å². The number of aromatic hydroxyl groups is 1. The zero-order valence-corrected chi connectivity index (χ0v) is 15.3. The average Bonchev–Trinajstić information content (AvgIpc) is 2.66. The number of para-hydroxylation sites is 1. The highest BCUT2D eigenvalue weighted by atomic mass is 19.4. The third-order valence-electron chi connectivity index (χ3n) is 5.07. The summed E-state index contributed by atoms with van der Waals surface area (Å²) in [4.78, 5) is 3.79. The molecule has 2 aromatic carbocycles. The first kappa shape index (κ1) is 21.2. The molecule has 2 aromatic rings. The number of benzene rings is 2. The minimum Gasteiger partial charge on any atom is -0.507 e. The molecule has 1 aliphatic carbocycles. The summed E-state index contributed by atoms with van der Waals surface area (Å²) in [6.45, 7) is 0. The van der Waals surface area contributed by atoms with E-state index in [2.05, 4.69) is 4.99 Å². The molecule has 0 unspecified atom stereocenters. The molecule has 29 heavy (non-hydrogen) atoms. The van der Waals surface area contributed by atoms with Gasteiger partial charge in [-0.1, -0.05) is 31.4 Å². The van der Waals surface area contributed by atoms with Crippen LogP contribution in [0.15, 0.2) is 41.4 Å². The molecule has 1 fully saturated rings. The van der Waals surface area contributed by atoms with E-state index in [4.69, 9.17) is 0 Å². The molecule has 0 aliphatic heterocycles. The topological polar surface area (TPSA) is 32.6 Å². The van der Waals surface area contributed by atoms with E-state index in [9.17, 15) is 31.4 Å². The van der Waals surface area contributed by atoms with Crippen LogP contribution in [0, 0.1) is 0 Å². The lowest BCUT2D eigenvalue weighted by atomic mass is 9.83. The number of rotatable bonds is 3. The van der Waals surface area contributed by atoms with Gasteiger partial charge in [0.05, 0.1) is 16.8 Å². The molecule has 2 nitrogen and oxygen atoms in total. The van der Waals surface area contributed by atoms with Gasteiger partial charge in [0.25, 0.3) is 0 Å². The van der Waals surface area contributed by atoms with Gasteiger partial charge in [-0.25, -0.2) is 0 Å². The predicted octanol–water partition coefficient (Wildman–Crippen LogP) is 7.23. The monoisotopic (exact) mass is 415 g/mol. The fourth-order valence-corrected chi connectivity index (χ4v) is 3.58. The van der Waals surface area contributed by atoms with Gasteiger partial charge in [0.2, 0.25) is 0 Å². The van der Waals surface area contributed by atoms with Crippen molar-refractivity contribution in [3.8, 4) is 5.75 Å². The van der Waals surface area contributed by atoms with E-state index in [1.165, 1.54) is 6.07 Å². The van der Waals surface area contributed by atoms with Gasteiger partial charge in [-0.2, -0.15) is 26.3 Å². The predicted molar refractivity (Wildman–Crippen MR) is 97.6 cm³/mol. The maximum Gasteiger partial charge on any atom is 0.416 e. The molecular formula is C21H19F6NO. The van der Waals surface area contributed by atoms with Crippen LogP contribution in [0.2, 0.25) is 0 Å². The third-order valence-corrected chi connectivity index (χ3v) is 5.07. The van der Waals surface area contributed by atoms with Gasteiger partial charge in [-0.05, 0) is 48.6 Å². The van der Waals surface area contributed by atoms with Crippen molar-refractivity contribution in [2.75, 3.05) is 0 Å². The summed E-state index contributed by atoms with van der Waals surface area (Å²) in [6.07, 6.45) is -3.69. The van der Waals surface area contributed by atoms with Crippen LogP contribution in [0.4, 0.5) is 32.0 Å². The van der Waals surface area contributed by atoms with Gasteiger partial charge in [0.1, 0.15) is 5.75 Å². The van der Waals surface area contributed by atoms with Gasteiger partial charge in [-0.15, -0.1) is 0 Å². The molecule has 0 saturated heterocycles. The molecule has 8 heteroatoms. The van der Waals surface area contributed by atoms with Crippen molar-refractivity contribution in [2.45, 2.75) is 50.4 Å². The van der Waals surface area contributed by atoms with Crippen LogP contribution in [0.25, 0.3) is 0 Å². The van der Waals surface area contributed by atoms with Crippen molar-refractivity contribution in [3.05, 3.63) is 58.7 Å². The molecule has 0 bridgehead atoms. The second-order valence-corrected chi connectivity index (χ2v) is 7.14. The largest absolute Gasteiger partial charge is 0.507 e. The Labute approximate surface area is 163 Å². The molecule has 0 aromatic heterocycles. The van der Waals surface area contributed by atoms with Crippen LogP contribution in [0.5, 0.6) is 5.75 Å². The number of aliphatic imine (C=N–C) groups is 1. The quantitative estimate of drug-likeness (QED) is 0.416. The molecule has 1 saturated carbocycles. The Hall–Kier alpha value is -2.51. The van der Waals surface area contributed by atoms with Gasteiger partial charge in [0, 0.05) is 11.8 Å². The normalized spacial score (nSPS) is 16.5. The number of nitrogens with zero attached hydrogens (tertiary/aromatic N) is 1. The highest BCUT2D eigenvalue weighted by Gasteiger charge is 2.36. The number of halogens is 6. The fraction of sp³-hybridized carbons (Fsp3) is 0.381. The summed E-state index contributed by atoms with van der Waals surface area (Å²) >= 11 is 0. The Kier molecular flexibility index (Phi) is 5.91. The Bertz CT molecular complexity index is 863. The van der Waals surface area contributed by atoms with E-state index >= 15 is 0 Å². The van der Waals surface area contributed by atoms with E-state index in [1.54, 1.807) is 12.1 Å². The molecule has 0 amide bonds. The molecule has 0 heterocycles. The lowest BCUT2D eigenvalue weighted by Gasteiger charge is -2.23. The highest BCUT2D eigenvalue weighted by molar-refractivity contribution is 5.86. The van der Waals surface area contributed by atoms with E-state index in [0.717, 1.165) is 43.9 Å². The second kappa shape index (κ2) is 8.08. The smallest absolute Gasteiger partial charge is 0.416 e. The SMILES string of the molecule is Oc1c(C=Nc2cc(C(F)(F)F)cc(C(F)(F)F)c2)cccc1C1CCCCC1. The molecular weight excluding hydrogens is 396 g/mol. The fourth-order valence-electron chi connectivity index (χ4n) is 3.58. The Morgan fingerprint density at radius 1 is 0.862 bits per heavy atom. The van der Waals surface area contributed by atoms with E-state index in [0.29, 0.717) is 12.1 Å². The summed E-state index contributed by atoms with van der Waals surface area (Å²) in [5.41, 5.74) is -2.37. The van der Waals surface area contributed by atoms with Crippen molar-refractivity contribution < 1.29 is 31.4 Å². The molecule has 0 spiro atoms. The van der Waals surface area contributed by atoms with Gasteiger partial charge < -0.3 is 5.11 Å². The van der Waals surface area contributed by atoms with Crippen molar-refractivity contribution in [1.82, 2.24) is 0 Å². The van der Waals surface area contributed by atoms with Crippen LogP contribution < -0.4 is 0 Å². The van der Waals surface area contributed by atoms with Crippen LogP contribution >= 0.6 is 0 Å². The first-order valence-corrected chi connectivity index (χ1v) is 9.21. The van der Waals surface area contributed by atoms with Crippen molar-refractivity contribution in [2.24, 2.45) is 4.99 Å². The Morgan fingerprint density at radius 2 is 1.45 bits per heavy atom. The lowest BCUT2D eigenvalue weighted by Crippen LogP contribution is -2.10. The Morgan fingerprint density at radius 3 is 2.00 bits per heavy atom. The van der Waals surface area contributed by atoms with E-state index < -0.39 is 29.2 Å². The maximum atomic E-state index is 13.0. The highest BCUT2D eigenvalue weighted by Crippen LogP contribution is 2.40. The van der Waals surface area contributed by atoms with Gasteiger partial charge >= 0.3 is 12.4 Å². The third kappa shape index (κ3) is 5.10. The number of hydrogen-bond acceptors (Lipinski definition) is 2. The molecule has 0 radical (unpaired) electrons. The molecule has 1 aliphatic rings. The Balaban J connectivity index is 1.95. The summed E-state index contributed by atoms with van der Waals surface area (Å²) in [7, 11) is 0. The van der Waals surface area contributed by atoms with E-state index in [1.807, 2.05) is 0 Å². The zero-order chi connectivity index (χ0) is 21.2. The molecule has 3 rings (SSSR count). The van der Waals surface area contributed by atoms with Gasteiger partial charge in [0.15, 0.2) is 0 Å². The number of hydrogen-bond donors (Lipinski definition) is 1. The van der Waals surface area contributed by atoms with Crippen LogP contribution in [0.1, 0.15) is 60.3 Å². The summed E-state index contributed by atoms with van der Waals surface area (Å²) < 4.78 is 77.8. The average molecular weight is 415 g/mol. The van der Waals surface area contributed by atoms with Crippen LogP contribution in [-0.2, 0) is 12.4 Å². The number of alkyl halides is 6. The maximum absolute atomic E-state index is 13.0.